The van der Waals surface area contributed by atoms with Gasteiger partial charge in [-0.05, 0) is 18.4 Å². The van der Waals surface area contributed by atoms with Crippen LogP contribution >= 0.6 is 11.8 Å². The molecule has 0 aliphatic heterocycles. The Balaban J connectivity index is 2.56. The standard InChI is InChI=1S/C11H13N3O4S/c1-12-11(17)14-8(15)6-18-10(16)7-4-3-5-13-9(7)19-2/h3-5H,6H2,1-2H3,(H2,12,14,15,17). The van der Waals surface area contributed by atoms with Crippen molar-refractivity contribution in [3.8, 4) is 0 Å². The monoisotopic (exact) mass is 283 g/mol. The second-order valence-electron chi connectivity index (χ2n) is 3.26. The van der Waals surface area contributed by atoms with Gasteiger partial charge >= 0.3 is 12.0 Å². The number of rotatable bonds is 4. The molecule has 0 fully saturated rings. The van der Waals surface area contributed by atoms with E-state index in [1.165, 1.54) is 18.8 Å². The predicted molar refractivity (Wildman–Crippen MR) is 68.9 cm³/mol. The number of carbonyl (C=O) groups is 3. The summed E-state index contributed by atoms with van der Waals surface area (Å²) < 4.78 is 4.79. The fraction of sp³-hybridized carbons (Fsp3) is 0.273. The zero-order chi connectivity index (χ0) is 14.3. The number of aromatic nitrogens is 1. The van der Waals surface area contributed by atoms with E-state index in [4.69, 9.17) is 4.74 Å². The summed E-state index contributed by atoms with van der Waals surface area (Å²) in [6.45, 7) is -0.533. The fourth-order valence-corrected chi connectivity index (χ4v) is 1.68. The van der Waals surface area contributed by atoms with Crippen LogP contribution in [0.3, 0.4) is 0 Å². The second-order valence-corrected chi connectivity index (χ2v) is 4.06. The zero-order valence-electron chi connectivity index (χ0n) is 10.4. The van der Waals surface area contributed by atoms with Crippen LogP contribution in [0.5, 0.6) is 0 Å². The van der Waals surface area contributed by atoms with E-state index in [9.17, 15) is 14.4 Å². The third-order valence-corrected chi connectivity index (χ3v) is 2.71. The lowest BCUT2D eigenvalue weighted by atomic mass is 10.3. The van der Waals surface area contributed by atoms with Crippen molar-refractivity contribution >= 4 is 29.7 Å². The maximum Gasteiger partial charge on any atom is 0.341 e. The predicted octanol–water partition coefficient (Wildman–Crippen LogP) is 0.416. The van der Waals surface area contributed by atoms with Gasteiger partial charge in [-0.1, -0.05) is 0 Å². The number of nitrogens with one attached hydrogen (secondary N) is 2. The molecule has 0 aromatic carbocycles. The normalized spacial score (nSPS) is 9.58. The highest BCUT2D eigenvalue weighted by molar-refractivity contribution is 7.98. The molecular formula is C11H13N3O4S. The molecule has 1 aromatic rings. The Bertz CT molecular complexity index is 493. The molecule has 1 heterocycles. The lowest BCUT2D eigenvalue weighted by molar-refractivity contribution is -0.123. The highest BCUT2D eigenvalue weighted by atomic mass is 32.2. The lowest BCUT2D eigenvalue weighted by Crippen LogP contribution is -2.39. The molecule has 102 valence electrons. The van der Waals surface area contributed by atoms with Gasteiger partial charge in [0.15, 0.2) is 6.61 Å². The summed E-state index contributed by atoms with van der Waals surface area (Å²) in [4.78, 5) is 37.8. The molecule has 1 aromatic heterocycles. The van der Waals surface area contributed by atoms with Crippen molar-refractivity contribution < 1.29 is 19.1 Å². The average molecular weight is 283 g/mol. The van der Waals surface area contributed by atoms with Crippen molar-refractivity contribution in [1.29, 1.82) is 0 Å². The molecule has 0 bridgehead atoms. The molecule has 0 aliphatic carbocycles. The van der Waals surface area contributed by atoms with E-state index in [1.807, 2.05) is 5.32 Å². The molecule has 0 saturated heterocycles. The number of nitrogens with zero attached hydrogens (tertiary/aromatic N) is 1. The van der Waals surface area contributed by atoms with Gasteiger partial charge in [0.05, 0.1) is 5.56 Å². The molecular weight excluding hydrogens is 270 g/mol. The zero-order valence-corrected chi connectivity index (χ0v) is 11.2. The summed E-state index contributed by atoms with van der Waals surface area (Å²) in [5.74, 6) is -1.37. The van der Waals surface area contributed by atoms with Crippen LogP contribution in [0.4, 0.5) is 4.79 Å². The van der Waals surface area contributed by atoms with Crippen LogP contribution < -0.4 is 10.6 Å². The van der Waals surface area contributed by atoms with E-state index in [0.717, 1.165) is 0 Å². The maximum absolute atomic E-state index is 11.7. The second kappa shape index (κ2) is 7.37. The number of esters is 1. The van der Waals surface area contributed by atoms with Crippen LogP contribution in [0.15, 0.2) is 23.4 Å². The van der Waals surface area contributed by atoms with Gasteiger partial charge in [0.25, 0.3) is 5.91 Å². The fourth-order valence-electron chi connectivity index (χ4n) is 1.14. The molecule has 3 amide bonds. The van der Waals surface area contributed by atoms with Crippen molar-refractivity contribution in [1.82, 2.24) is 15.6 Å². The summed E-state index contributed by atoms with van der Waals surface area (Å²) in [7, 11) is 1.37. The van der Waals surface area contributed by atoms with Crippen LogP contribution in [0.25, 0.3) is 0 Å². The minimum absolute atomic E-state index is 0.280. The first kappa shape index (κ1) is 15.0. The largest absolute Gasteiger partial charge is 0.452 e. The van der Waals surface area contributed by atoms with E-state index < -0.39 is 24.5 Å². The Kier molecular flexibility index (Phi) is 5.80. The third kappa shape index (κ3) is 4.59. The van der Waals surface area contributed by atoms with Gasteiger partial charge in [-0.3, -0.25) is 10.1 Å². The van der Waals surface area contributed by atoms with Crippen molar-refractivity contribution in [3.63, 3.8) is 0 Å². The number of thioether (sulfide) groups is 1. The Morgan fingerprint density at radius 2 is 2.16 bits per heavy atom. The van der Waals surface area contributed by atoms with Crippen LogP contribution in [0.2, 0.25) is 0 Å². The number of carbonyl (C=O) groups excluding carboxylic acids is 3. The molecule has 7 nitrogen and oxygen atoms in total. The lowest BCUT2D eigenvalue weighted by Gasteiger charge is -2.07. The van der Waals surface area contributed by atoms with Gasteiger partial charge in [0, 0.05) is 13.2 Å². The van der Waals surface area contributed by atoms with Crippen molar-refractivity contribution in [2.24, 2.45) is 0 Å². The molecule has 8 heteroatoms. The molecule has 0 radical (unpaired) electrons. The summed E-state index contributed by atoms with van der Waals surface area (Å²) >= 11 is 1.30. The molecule has 2 N–H and O–H groups in total. The summed E-state index contributed by atoms with van der Waals surface area (Å²) in [6, 6.07) is 2.49. The maximum atomic E-state index is 11.7. The van der Waals surface area contributed by atoms with Crippen LogP contribution in [0, 0.1) is 0 Å². The number of hydrogen-bond acceptors (Lipinski definition) is 6. The SMILES string of the molecule is CNC(=O)NC(=O)COC(=O)c1cccnc1SC. The van der Waals surface area contributed by atoms with Gasteiger partial charge in [-0.15, -0.1) is 11.8 Å². The number of amides is 3. The first-order valence-corrected chi connectivity index (χ1v) is 6.48. The number of urea groups is 1. The quantitative estimate of drug-likeness (QED) is 0.614. The van der Waals surface area contributed by atoms with E-state index in [2.05, 4.69) is 10.3 Å². The van der Waals surface area contributed by atoms with E-state index in [-0.39, 0.29) is 5.56 Å². The van der Waals surface area contributed by atoms with Gasteiger partial charge in [-0.2, -0.15) is 0 Å². The highest BCUT2D eigenvalue weighted by Gasteiger charge is 2.15. The van der Waals surface area contributed by atoms with Crippen LogP contribution in [-0.2, 0) is 9.53 Å². The Morgan fingerprint density at radius 3 is 2.79 bits per heavy atom. The molecule has 19 heavy (non-hydrogen) atoms. The molecule has 0 unspecified atom stereocenters. The molecule has 0 spiro atoms. The van der Waals surface area contributed by atoms with Gasteiger partial charge < -0.3 is 10.1 Å². The van der Waals surface area contributed by atoms with Crippen molar-refractivity contribution in [2.75, 3.05) is 19.9 Å². The summed E-state index contributed by atoms with van der Waals surface area (Å²) in [5.41, 5.74) is 0.280. The minimum atomic E-state index is -0.706. The number of imide groups is 1. The van der Waals surface area contributed by atoms with E-state index >= 15 is 0 Å². The van der Waals surface area contributed by atoms with E-state index in [1.54, 1.807) is 24.6 Å². The third-order valence-electron chi connectivity index (χ3n) is 2.00. The number of hydrogen-bond donors (Lipinski definition) is 2. The van der Waals surface area contributed by atoms with Crippen LogP contribution in [-0.4, -0.2) is 42.8 Å². The molecule has 0 saturated carbocycles. The van der Waals surface area contributed by atoms with Crippen molar-refractivity contribution in [2.45, 2.75) is 5.03 Å². The van der Waals surface area contributed by atoms with Gasteiger partial charge in [0.2, 0.25) is 0 Å². The first-order chi connectivity index (χ1) is 9.08. The number of ether oxygens (including phenoxy) is 1. The first-order valence-electron chi connectivity index (χ1n) is 5.26. The molecule has 1 rings (SSSR count). The molecule has 0 atom stereocenters. The average Bonchev–Trinajstić information content (AvgIpc) is 2.44. The summed E-state index contributed by atoms with van der Waals surface area (Å²) in [5, 5.41) is 4.70. The minimum Gasteiger partial charge on any atom is -0.452 e. The summed E-state index contributed by atoms with van der Waals surface area (Å²) in [6.07, 6.45) is 3.33. The Labute approximate surface area is 114 Å². The Hall–Kier alpha value is -2.09. The molecule has 0 aliphatic rings. The van der Waals surface area contributed by atoms with Crippen molar-refractivity contribution in [3.05, 3.63) is 23.9 Å². The smallest absolute Gasteiger partial charge is 0.341 e. The van der Waals surface area contributed by atoms with Crippen LogP contribution in [0.1, 0.15) is 10.4 Å². The Morgan fingerprint density at radius 1 is 1.42 bits per heavy atom. The topological polar surface area (TPSA) is 97.4 Å². The number of pyridine rings is 1. The van der Waals surface area contributed by atoms with Gasteiger partial charge in [-0.25, -0.2) is 14.6 Å². The van der Waals surface area contributed by atoms with Gasteiger partial charge in [0.1, 0.15) is 5.03 Å². The highest BCUT2D eigenvalue weighted by Crippen LogP contribution is 2.17. The van der Waals surface area contributed by atoms with E-state index in [0.29, 0.717) is 5.03 Å².